The molecule has 1 aromatic rings. The normalized spacial score (nSPS) is 23.7. The lowest BCUT2D eigenvalue weighted by molar-refractivity contribution is 0.0000695. The van der Waals surface area contributed by atoms with E-state index in [4.69, 9.17) is 16.3 Å². The third kappa shape index (κ3) is 3.19. The van der Waals surface area contributed by atoms with E-state index in [2.05, 4.69) is 16.9 Å². The van der Waals surface area contributed by atoms with Crippen molar-refractivity contribution in [2.24, 2.45) is 5.92 Å². The first-order valence-electron chi connectivity index (χ1n) is 6.39. The largest absolute Gasteiger partial charge is 0.457 e. The smallest absolute Gasteiger partial charge is 0.358 e. The van der Waals surface area contributed by atoms with Gasteiger partial charge in [-0.25, -0.2) is 9.78 Å². The Morgan fingerprint density at radius 2 is 2.22 bits per heavy atom. The molecule has 0 saturated heterocycles. The number of ether oxygens (including phenoxy) is 1. The van der Waals surface area contributed by atoms with Crippen molar-refractivity contribution in [2.45, 2.75) is 45.1 Å². The summed E-state index contributed by atoms with van der Waals surface area (Å²) in [6, 6.07) is 0. The van der Waals surface area contributed by atoms with E-state index in [1.165, 1.54) is 18.8 Å². The van der Waals surface area contributed by atoms with Crippen LogP contribution in [0.5, 0.6) is 0 Å². The molecule has 0 aliphatic heterocycles. The standard InChI is InChI=1S/C13H17ClN2O2/c1-2-9-5-3-4-6-11(9)18-13(17)10-7-15-8-12(14)16-10/h7-9,11H,2-6H2,1H3. The van der Waals surface area contributed by atoms with Crippen molar-refractivity contribution in [2.75, 3.05) is 0 Å². The molecule has 0 bridgehead atoms. The topological polar surface area (TPSA) is 52.1 Å². The predicted molar refractivity (Wildman–Crippen MR) is 68.5 cm³/mol. The molecule has 4 nitrogen and oxygen atoms in total. The maximum absolute atomic E-state index is 11.9. The van der Waals surface area contributed by atoms with Gasteiger partial charge in [-0.05, 0) is 31.6 Å². The Morgan fingerprint density at radius 1 is 1.44 bits per heavy atom. The van der Waals surface area contributed by atoms with E-state index < -0.39 is 5.97 Å². The van der Waals surface area contributed by atoms with Gasteiger partial charge < -0.3 is 4.74 Å². The molecule has 5 heteroatoms. The summed E-state index contributed by atoms with van der Waals surface area (Å²) in [7, 11) is 0. The number of carbonyl (C=O) groups excluding carboxylic acids is 1. The number of aromatic nitrogens is 2. The summed E-state index contributed by atoms with van der Waals surface area (Å²) in [6.45, 7) is 2.13. The lowest BCUT2D eigenvalue weighted by Gasteiger charge is -2.30. The molecule has 0 spiro atoms. The second kappa shape index (κ2) is 6.14. The van der Waals surface area contributed by atoms with E-state index in [0.717, 1.165) is 25.7 Å². The number of nitrogens with zero attached hydrogens (tertiary/aromatic N) is 2. The van der Waals surface area contributed by atoms with E-state index >= 15 is 0 Å². The van der Waals surface area contributed by atoms with Gasteiger partial charge in [-0.2, -0.15) is 0 Å². The summed E-state index contributed by atoms with van der Waals surface area (Å²) in [5, 5.41) is 0.208. The van der Waals surface area contributed by atoms with Crippen molar-refractivity contribution in [3.8, 4) is 0 Å². The van der Waals surface area contributed by atoms with Gasteiger partial charge in [-0.3, -0.25) is 4.98 Å². The minimum atomic E-state index is -0.421. The van der Waals surface area contributed by atoms with Crippen LogP contribution in [0.4, 0.5) is 0 Å². The Labute approximate surface area is 112 Å². The second-order valence-corrected chi connectivity index (χ2v) is 5.01. The molecule has 2 rings (SSSR count). The maximum Gasteiger partial charge on any atom is 0.358 e. The Morgan fingerprint density at radius 3 is 2.94 bits per heavy atom. The van der Waals surface area contributed by atoms with Gasteiger partial charge in [0, 0.05) is 0 Å². The van der Waals surface area contributed by atoms with E-state index in [1.54, 1.807) is 0 Å². The van der Waals surface area contributed by atoms with Crippen molar-refractivity contribution in [3.05, 3.63) is 23.2 Å². The van der Waals surface area contributed by atoms with Crippen LogP contribution in [0, 0.1) is 5.92 Å². The molecule has 0 N–H and O–H groups in total. The first-order chi connectivity index (χ1) is 8.70. The van der Waals surface area contributed by atoms with Crippen LogP contribution in [-0.4, -0.2) is 22.0 Å². The summed E-state index contributed by atoms with van der Waals surface area (Å²) in [5.41, 5.74) is 0.183. The summed E-state index contributed by atoms with van der Waals surface area (Å²) in [4.78, 5) is 19.7. The minimum Gasteiger partial charge on any atom is -0.457 e. The van der Waals surface area contributed by atoms with Crippen LogP contribution < -0.4 is 0 Å². The van der Waals surface area contributed by atoms with Crippen LogP contribution in [0.3, 0.4) is 0 Å². The predicted octanol–water partition coefficient (Wildman–Crippen LogP) is 3.26. The maximum atomic E-state index is 11.9. The van der Waals surface area contributed by atoms with Gasteiger partial charge in [0.25, 0.3) is 0 Å². The molecule has 1 fully saturated rings. The van der Waals surface area contributed by atoms with Crippen LogP contribution in [0.1, 0.15) is 49.5 Å². The quantitative estimate of drug-likeness (QED) is 0.790. The number of rotatable bonds is 3. The molecule has 98 valence electrons. The van der Waals surface area contributed by atoms with E-state index in [0.29, 0.717) is 5.92 Å². The molecule has 18 heavy (non-hydrogen) atoms. The Balaban J connectivity index is 2.02. The minimum absolute atomic E-state index is 0.0111. The number of esters is 1. The zero-order chi connectivity index (χ0) is 13.0. The van der Waals surface area contributed by atoms with Crippen molar-refractivity contribution in [1.82, 2.24) is 9.97 Å². The van der Waals surface area contributed by atoms with Crippen LogP contribution in [0.2, 0.25) is 5.15 Å². The van der Waals surface area contributed by atoms with Gasteiger partial charge in [0.05, 0.1) is 12.4 Å². The van der Waals surface area contributed by atoms with Gasteiger partial charge in [-0.15, -0.1) is 0 Å². The van der Waals surface area contributed by atoms with Crippen LogP contribution in [0.15, 0.2) is 12.4 Å². The Hall–Kier alpha value is -1.16. The highest BCUT2D eigenvalue weighted by Crippen LogP contribution is 2.29. The number of hydrogen-bond donors (Lipinski definition) is 0. The molecule has 0 amide bonds. The molecular formula is C13H17ClN2O2. The molecule has 0 radical (unpaired) electrons. The average Bonchev–Trinajstić information content (AvgIpc) is 2.39. The van der Waals surface area contributed by atoms with Gasteiger partial charge in [-0.1, -0.05) is 24.9 Å². The zero-order valence-electron chi connectivity index (χ0n) is 10.4. The van der Waals surface area contributed by atoms with Gasteiger partial charge in [0.1, 0.15) is 11.3 Å². The van der Waals surface area contributed by atoms with Crippen molar-refractivity contribution >= 4 is 17.6 Å². The zero-order valence-corrected chi connectivity index (χ0v) is 11.2. The fourth-order valence-electron chi connectivity index (χ4n) is 2.43. The highest BCUT2D eigenvalue weighted by atomic mass is 35.5. The van der Waals surface area contributed by atoms with Crippen LogP contribution in [-0.2, 0) is 4.74 Å². The van der Waals surface area contributed by atoms with Crippen molar-refractivity contribution in [1.29, 1.82) is 0 Å². The molecule has 1 aromatic heterocycles. The molecule has 2 atom stereocenters. The number of carbonyl (C=O) groups is 1. The second-order valence-electron chi connectivity index (χ2n) is 4.62. The number of halogens is 1. The Kier molecular flexibility index (Phi) is 4.53. The molecule has 1 aliphatic rings. The fourth-order valence-corrected chi connectivity index (χ4v) is 2.58. The summed E-state index contributed by atoms with van der Waals surface area (Å²) in [6.07, 6.45) is 8.26. The first-order valence-corrected chi connectivity index (χ1v) is 6.77. The molecule has 1 aliphatic carbocycles. The molecule has 1 heterocycles. The van der Waals surface area contributed by atoms with Crippen LogP contribution >= 0.6 is 11.6 Å². The highest BCUT2D eigenvalue weighted by Gasteiger charge is 2.27. The average molecular weight is 269 g/mol. The van der Waals surface area contributed by atoms with Crippen molar-refractivity contribution in [3.63, 3.8) is 0 Å². The van der Waals surface area contributed by atoms with Crippen LogP contribution in [0.25, 0.3) is 0 Å². The first kappa shape index (κ1) is 13.3. The summed E-state index contributed by atoms with van der Waals surface area (Å²) >= 11 is 5.71. The Bertz CT molecular complexity index is 425. The van der Waals surface area contributed by atoms with Gasteiger partial charge in [0.2, 0.25) is 0 Å². The summed E-state index contributed by atoms with van der Waals surface area (Å²) in [5.74, 6) is 0.0465. The van der Waals surface area contributed by atoms with Gasteiger partial charge in [0.15, 0.2) is 5.69 Å². The van der Waals surface area contributed by atoms with E-state index in [1.807, 2.05) is 0 Å². The fraction of sp³-hybridized carbons (Fsp3) is 0.615. The third-order valence-corrected chi connectivity index (χ3v) is 3.62. The molecular weight excluding hydrogens is 252 g/mol. The molecule has 0 aromatic carbocycles. The van der Waals surface area contributed by atoms with Crippen molar-refractivity contribution < 1.29 is 9.53 Å². The van der Waals surface area contributed by atoms with Gasteiger partial charge >= 0.3 is 5.97 Å². The van der Waals surface area contributed by atoms with E-state index in [-0.39, 0.29) is 17.0 Å². The highest BCUT2D eigenvalue weighted by molar-refractivity contribution is 6.29. The number of hydrogen-bond acceptors (Lipinski definition) is 4. The SMILES string of the molecule is CCC1CCCCC1OC(=O)c1cncc(Cl)n1. The lowest BCUT2D eigenvalue weighted by atomic mass is 9.85. The molecule has 2 unspecified atom stereocenters. The monoisotopic (exact) mass is 268 g/mol. The van der Waals surface area contributed by atoms with E-state index in [9.17, 15) is 4.79 Å². The molecule has 1 saturated carbocycles. The third-order valence-electron chi connectivity index (χ3n) is 3.44. The lowest BCUT2D eigenvalue weighted by Crippen LogP contribution is -2.30. The summed E-state index contributed by atoms with van der Waals surface area (Å²) < 4.78 is 5.54.